The normalized spacial score (nSPS) is 25.6. The molecule has 3 aromatic rings. The smallest absolute Gasteiger partial charge is 0.265 e. The highest BCUT2D eigenvalue weighted by Gasteiger charge is 2.84. The van der Waals surface area contributed by atoms with Gasteiger partial charge in [0.05, 0.1) is 27.8 Å². The summed E-state index contributed by atoms with van der Waals surface area (Å²) < 4.78 is 29.1. The number of hydrogen-bond acceptors (Lipinski definition) is 2. The Kier molecular flexibility index (Phi) is 3.04. The summed E-state index contributed by atoms with van der Waals surface area (Å²) in [6.45, 7) is 1.75. The molecular weight excluding hydrogens is 352 g/mol. The van der Waals surface area contributed by atoms with Crippen LogP contribution >= 0.6 is 0 Å². The molecule has 2 aliphatic rings. The third kappa shape index (κ3) is 1.91. The maximum Gasteiger partial charge on any atom is 0.265 e. The van der Waals surface area contributed by atoms with E-state index in [-0.39, 0.29) is 29.6 Å². The maximum absolute atomic E-state index is 14.5. The van der Waals surface area contributed by atoms with E-state index in [0.717, 1.165) is 5.56 Å². The fourth-order valence-electron chi connectivity index (χ4n) is 4.61. The van der Waals surface area contributed by atoms with Crippen LogP contribution in [0.3, 0.4) is 0 Å². The number of halogens is 2. The molecule has 3 heterocycles. The van der Waals surface area contributed by atoms with Crippen molar-refractivity contribution in [3.05, 3.63) is 69.8 Å². The van der Waals surface area contributed by atoms with Crippen molar-refractivity contribution in [1.82, 2.24) is 14.9 Å². The van der Waals surface area contributed by atoms with E-state index in [4.69, 9.17) is 0 Å². The molecule has 1 saturated heterocycles. The number of alkyl halides is 2. The molecule has 2 N–H and O–H groups in total. The Labute approximate surface area is 153 Å². The number of piperidine rings is 1. The van der Waals surface area contributed by atoms with E-state index >= 15 is 0 Å². The Morgan fingerprint density at radius 2 is 1.93 bits per heavy atom. The lowest BCUT2D eigenvalue weighted by molar-refractivity contribution is 0.0394. The van der Waals surface area contributed by atoms with Crippen LogP contribution in [0.25, 0.3) is 10.9 Å². The standard InChI is InChI=1S/C20H17F2N3O2/c1-11-7-24-17(26)15-13(8-23-16(11)15)18(27)25-9-14-19(10-25,20(14,21)22)12-5-3-2-4-6-12/h2-8,14,23H,9-10H2,1H3,(H,24,26). The molecule has 2 atom stereocenters. The van der Waals surface area contributed by atoms with E-state index < -0.39 is 23.2 Å². The largest absolute Gasteiger partial charge is 0.360 e. The van der Waals surface area contributed by atoms with Crippen molar-refractivity contribution < 1.29 is 13.6 Å². The molecule has 2 fully saturated rings. The number of nitrogens with one attached hydrogen (secondary N) is 2. The van der Waals surface area contributed by atoms with Crippen molar-refractivity contribution in [3.8, 4) is 0 Å². The van der Waals surface area contributed by atoms with E-state index in [1.807, 2.05) is 6.92 Å². The van der Waals surface area contributed by atoms with E-state index in [1.165, 1.54) is 11.1 Å². The average molecular weight is 369 g/mol. The molecule has 0 radical (unpaired) electrons. The molecule has 27 heavy (non-hydrogen) atoms. The van der Waals surface area contributed by atoms with Gasteiger partial charge in [-0.2, -0.15) is 0 Å². The molecule has 1 saturated carbocycles. The zero-order valence-corrected chi connectivity index (χ0v) is 14.6. The van der Waals surface area contributed by atoms with Crippen molar-refractivity contribution in [1.29, 1.82) is 0 Å². The molecule has 1 aliphatic heterocycles. The first-order valence-electron chi connectivity index (χ1n) is 8.80. The van der Waals surface area contributed by atoms with E-state index in [1.54, 1.807) is 36.5 Å². The highest BCUT2D eigenvalue weighted by Crippen LogP contribution is 2.70. The number of amides is 1. The van der Waals surface area contributed by atoms with Crippen LogP contribution in [-0.2, 0) is 5.41 Å². The van der Waals surface area contributed by atoms with E-state index in [9.17, 15) is 18.4 Å². The van der Waals surface area contributed by atoms with Gasteiger partial charge in [-0.15, -0.1) is 0 Å². The molecule has 0 bridgehead atoms. The van der Waals surface area contributed by atoms with E-state index in [0.29, 0.717) is 11.1 Å². The minimum absolute atomic E-state index is 0.0167. The van der Waals surface area contributed by atoms with Crippen molar-refractivity contribution in [2.24, 2.45) is 5.92 Å². The molecule has 7 heteroatoms. The zero-order chi connectivity index (χ0) is 19.0. The number of carbonyl (C=O) groups excluding carboxylic acids is 1. The number of nitrogens with zero attached hydrogens (tertiary/aromatic N) is 1. The Bertz CT molecular complexity index is 1140. The minimum atomic E-state index is -2.82. The van der Waals surface area contributed by atoms with Crippen LogP contribution in [0.2, 0.25) is 0 Å². The van der Waals surface area contributed by atoms with Crippen molar-refractivity contribution in [3.63, 3.8) is 0 Å². The Morgan fingerprint density at radius 1 is 1.19 bits per heavy atom. The first-order valence-corrected chi connectivity index (χ1v) is 8.80. The topological polar surface area (TPSA) is 69.0 Å². The number of fused-ring (bicyclic) bond motifs is 2. The second-order valence-electron chi connectivity index (χ2n) is 7.45. The summed E-state index contributed by atoms with van der Waals surface area (Å²) in [5.41, 5.74) is 0.492. The molecule has 5 nitrogen and oxygen atoms in total. The molecule has 2 unspecified atom stereocenters. The second-order valence-corrected chi connectivity index (χ2v) is 7.45. The van der Waals surface area contributed by atoms with Gasteiger partial charge in [0.1, 0.15) is 0 Å². The number of benzene rings is 1. The van der Waals surface area contributed by atoms with Gasteiger partial charge in [0, 0.05) is 25.5 Å². The van der Waals surface area contributed by atoms with E-state index in [2.05, 4.69) is 9.97 Å². The van der Waals surface area contributed by atoms with Crippen LogP contribution < -0.4 is 5.56 Å². The molecule has 1 aliphatic carbocycles. The lowest BCUT2D eigenvalue weighted by Gasteiger charge is -2.23. The van der Waals surface area contributed by atoms with Crippen molar-refractivity contribution in [2.75, 3.05) is 13.1 Å². The summed E-state index contributed by atoms with van der Waals surface area (Å²) in [6, 6.07) is 8.65. The summed E-state index contributed by atoms with van der Waals surface area (Å²) in [5, 5.41) is 0.279. The van der Waals surface area contributed by atoms with Crippen LogP contribution in [-0.4, -0.2) is 39.8 Å². The number of aryl methyl sites for hydroxylation is 1. The summed E-state index contributed by atoms with van der Waals surface area (Å²) in [5.74, 6) is -4.10. The SMILES string of the molecule is Cc1c[nH]c(=O)c2c(C(=O)N3CC4C(F)(F)C4(c4ccccc4)C3)c[nH]c12. The number of pyridine rings is 1. The first-order chi connectivity index (χ1) is 12.9. The lowest BCUT2D eigenvalue weighted by atomic mass is 9.94. The number of H-pyrrole nitrogens is 2. The molecular formula is C20H17F2N3O2. The highest BCUT2D eigenvalue weighted by atomic mass is 19.3. The van der Waals surface area contributed by atoms with Gasteiger partial charge < -0.3 is 14.9 Å². The number of aromatic amines is 2. The third-order valence-electron chi connectivity index (χ3n) is 6.12. The Hall–Kier alpha value is -2.96. The second kappa shape index (κ2) is 5.06. The Morgan fingerprint density at radius 3 is 2.67 bits per heavy atom. The zero-order valence-electron chi connectivity index (χ0n) is 14.6. The Balaban J connectivity index is 1.53. The van der Waals surface area contributed by atoms with Crippen LogP contribution in [0.4, 0.5) is 8.78 Å². The first kappa shape index (κ1) is 16.2. The van der Waals surface area contributed by atoms with Gasteiger partial charge in [-0.1, -0.05) is 30.3 Å². The monoisotopic (exact) mass is 369 g/mol. The fourth-order valence-corrected chi connectivity index (χ4v) is 4.61. The number of aromatic nitrogens is 2. The minimum Gasteiger partial charge on any atom is -0.360 e. The summed E-state index contributed by atoms with van der Waals surface area (Å²) in [6.07, 6.45) is 3.07. The van der Waals surface area contributed by atoms with Crippen LogP contribution in [0.1, 0.15) is 21.5 Å². The van der Waals surface area contributed by atoms with Crippen LogP contribution in [0.15, 0.2) is 47.5 Å². The number of likely N-dealkylation sites (tertiary alicyclic amines) is 1. The van der Waals surface area contributed by atoms with Gasteiger partial charge in [-0.25, -0.2) is 8.78 Å². The van der Waals surface area contributed by atoms with Crippen LogP contribution in [0, 0.1) is 12.8 Å². The quantitative estimate of drug-likeness (QED) is 0.729. The average Bonchev–Trinajstić information content (AvgIpc) is 3.11. The van der Waals surface area contributed by atoms with Gasteiger partial charge in [-0.05, 0) is 18.1 Å². The number of hydrogen-bond donors (Lipinski definition) is 2. The highest BCUT2D eigenvalue weighted by molar-refractivity contribution is 6.07. The maximum atomic E-state index is 14.5. The van der Waals surface area contributed by atoms with Crippen molar-refractivity contribution >= 4 is 16.8 Å². The van der Waals surface area contributed by atoms with Gasteiger partial charge in [0.25, 0.3) is 17.4 Å². The summed E-state index contributed by atoms with van der Waals surface area (Å²) in [7, 11) is 0. The molecule has 0 spiro atoms. The van der Waals surface area contributed by atoms with Crippen molar-refractivity contribution in [2.45, 2.75) is 18.3 Å². The summed E-state index contributed by atoms with van der Waals surface area (Å²) >= 11 is 0. The van der Waals surface area contributed by atoms with Crippen LogP contribution in [0.5, 0.6) is 0 Å². The van der Waals surface area contributed by atoms with Gasteiger partial charge in [-0.3, -0.25) is 9.59 Å². The van der Waals surface area contributed by atoms with Gasteiger partial charge in [0.2, 0.25) is 0 Å². The fraction of sp³-hybridized carbons (Fsp3) is 0.300. The predicted molar refractivity (Wildman–Crippen MR) is 96.1 cm³/mol. The molecule has 1 amide bonds. The number of rotatable bonds is 2. The molecule has 1 aromatic carbocycles. The van der Waals surface area contributed by atoms with Gasteiger partial charge in [0.15, 0.2) is 0 Å². The lowest BCUT2D eigenvalue weighted by Crippen LogP contribution is -2.37. The summed E-state index contributed by atoms with van der Waals surface area (Å²) in [4.78, 5) is 32.3. The predicted octanol–water partition coefficient (Wildman–Crippen LogP) is 2.82. The third-order valence-corrected chi connectivity index (χ3v) is 6.12. The number of carbonyl (C=O) groups is 1. The molecule has 138 valence electrons. The molecule has 2 aromatic heterocycles. The molecule has 5 rings (SSSR count). The van der Waals surface area contributed by atoms with Gasteiger partial charge >= 0.3 is 0 Å².